The van der Waals surface area contributed by atoms with Crippen molar-refractivity contribution < 1.29 is 13.2 Å². The Morgan fingerprint density at radius 3 is 2.55 bits per heavy atom. The fraction of sp³-hybridized carbons (Fsp3) is 0.154. The zero-order valence-electron chi connectivity index (χ0n) is 11.8. The number of nitrogens with one attached hydrogen (secondary N) is 2. The predicted octanol–water partition coefficient (Wildman–Crippen LogP) is 1.60. The quantitative estimate of drug-likeness (QED) is 0.823. The zero-order valence-corrected chi connectivity index (χ0v) is 13.4. The van der Waals surface area contributed by atoms with Crippen LogP contribution in [0.2, 0.25) is 5.15 Å². The maximum atomic E-state index is 12.1. The highest BCUT2D eigenvalue weighted by atomic mass is 35.5. The number of hydrogen-bond acceptors (Lipinski definition) is 5. The fourth-order valence-corrected chi connectivity index (χ4v) is 2.67. The molecule has 1 heterocycles. The van der Waals surface area contributed by atoms with Crippen molar-refractivity contribution in [1.82, 2.24) is 14.7 Å². The number of hydrogen-bond donors (Lipinski definition) is 2. The van der Waals surface area contributed by atoms with E-state index >= 15 is 0 Å². The molecule has 1 aromatic heterocycles. The topological polar surface area (TPSA) is 101 Å². The second-order valence-electron chi connectivity index (χ2n) is 4.36. The van der Waals surface area contributed by atoms with E-state index in [4.69, 9.17) is 11.6 Å². The number of aromatic nitrogens is 2. The molecule has 0 atom stereocenters. The average Bonchev–Trinajstić information content (AvgIpc) is 2.49. The summed E-state index contributed by atoms with van der Waals surface area (Å²) in [5.74, 6) is -0.461. The zero-order chi connectivity index (χ0) is 16.3. The second-order valence-corrected chi connectivity index (χ2v) is 6.64. The molecule has 0 radical (unpaired) electrons. The van der Waals surface area contributed by atoms with E-state index in [0.717, 1.165) is 0 Å². The van der Waals surface area contributed by atoms with Gasteiger partial charge in [-0.3, -0.25) is 4.79 Å². The van der Waals surface area contributed by atoms with Gasteiger partial charge in [0.25, 0.3) is 5.91 Å². The molecule has 1 aromatic carbocycles. The molecule has 0 unspecified atom stereocenters. The summed E-state index contributed by atoms with van der Waals surface area (Å²) in [6.07, 6.45) is 1.19. The normalized spacial score (nSPS) is 11.2. The molecule has 2 aromatic rings. The third-order valence-electron chi connectivity index (χ3n) is 2.89. The van der Waals surface area contributed by atoms with E-state index in [-0.39, 0.29) is 15.7 Å². The van der Waals surface area contributed by atoms with Crippen LogP contribution in [0.25, 0.3) is 0 Å². The molecular weight excluding hydrogens is 328 g/mol. The third-order valence-corrected chi connectivity index (χ3v) is 4.51. The van der Waals surface area contributed by atoms with Gasteiger partial charge in [-0.15, -0.1) is 0 Å². The molecule has 0 saturated heterocycles. The van der Waals surface area contributed by atoms with E-state index in [0.29, 0.717) is 11.3 Å². The molecule has 22 heavy (non-hydrogen) atoms. The summed E-state index contributed by atoms with van der Waals surface area (Å²) in [5, 5.41) is 2.81. The first-order valence-corrected chi connectivity index (χ1v) is 8.02. The summed E-state index contributed by atoms with van der Waals surface area (Å²) in [5.41, 5.74) is 1.20. The van der Waals surface area contributed by atoms with Crippen molar-refractivity contribution in [2.24, 2.45) is 0 Å². The molecule has 0 aliphatic rings. The first-order valence-electron chi connectivity index (χ1n) is 6.16. The highest BCUT2D eigenvalue weighted by molar-refractivity contribution is 7.89. The highest BCUT2D eigenvalue weighted by Crippen LogP contribution is 2.20. The Balaban J connectivity index is 2.26. The van der Waals surface area contributed by atoms with E-state index in [1.54, 1.807) is 6.92 Å². The third kappa shape index (κ3) is 3.59. The van der Waals surface area contributed by atoms with Crippen LogP contribution in [0.5, 0.6) is 0 Å². The van der Waals surface area contributed by atoms with Crippen LogP contribution in [-0.2, 0) is 10.0 Å². The van der Waals surface area contributed by atoms with Gasteiger partial charge in [-0.1, -0.05) is 11.6 Å². The van der Waals surface area contributed by atoms with E-state index in [1.807, 2.05) is 0 Å². The summed E-state index contributed by atoms with van der Waals surface area (Å²) in [4.78, 5) is 19.7. The van der Waals surface area contributed by atoms with Crippen LogP contribution in [0, 0.1) is 6.92 Å². The predicted molar refractivity (Wildman–Crippen MR) is 82.4 cm³/mol. The van der Waals surface area contributed by atoms with Gasteiger partial charge in [0.15, 0.2) is 0 Å². The fourth-order valence-electron chi connectivity index (χ4n) is 1.71. The Kier molecular flexibility index (Phi) is 4.74. The molecule has 0 bridgehead atoms. The summed E-state index contributed by atoms with van der Waals surface area (Å²) in [6.45, 7) is 1.69. The summed E-state index contributed by atoms with van der Waals surface area (Å²) in [6, 6.07) is 5.72. The van der Waals surface area contributed by atoms with Crippen molar-refractivity contribution in [3.8, 4) is 0 Å². The van der Waals surface area contributed by atoms with Gasteiger partial charge in [0.2, 0.25) is 10.0 Å². The lowest BCUT2D eigenvalue weighted by Gasteiger charge is -2.10. The largest absolute Gasteiger partial charge is 0.320 e. The Morgan fingerprint density at radius 2 is 1.95 bits per heavy atom. The molecule has 9 heteroatoms. The number of carbonyl (C=O) groups excluding carboxylic acids is 1. The van der Waals surface area contributed by atoms with Gasteiger partial charge >= 0.3 is 0 Å². The Hall–Kier alpha value is -2.03. The summed E-state index contributed by atoms with van der Waals surface area (Å²) in [7, 11) is -2.19. The minimum absolute atomic E-state index is 0.117. The number of carbonyl (C=O) groups is 1. The van der Waals surface area contributed by atoms with Gasteiger partial charge < -0.3 is 5.32 Å². The smallest absolute Gasteiger partial charge is 0.274 e. The summed E-state index contributed by atoms with van der Waals surface area (Å²) < 4.78 is 25.7. The molecule has 116 valence electrons. The van der Waals surface area contributed by atoms with Gasteiger partial charge in [-0.25, -0.2) is 23.1 Å². The lowest BCUT2D eigenvalue weighted by atomic mass is 10.2. The average molecular weight is 341 g/mol. The van der Waals surface area contributed by atoms with Crippen LogP contribution in [0.15, 0.2) is 35.5 Å². The Morgan fingerprint density at radius 1 is 1.23 bits per heavy atom. The molecule has 2 rings (SSSR count). The van der Waals surface area contributed by atoms with Crippen LogP contribution >= 0.6 is 11.6 Å². The second kappa shape index (κ2) is 6.39. The molecule has 0 spiro atoms. The minimum atomic E-state index is -3.52. The molecular formula is C13H13ClN4O3S. The van der Waals surface area contributed by atoms with Crippen molar-refractivity contribution in [2.45, 2.75) is 11.8 Å². The molecule has 0 fully saturated rings. The van der Waals surface area contributed by atoms with Crippen LogP contribution in [0.3, 0.4) is 0 Å². The molecule has 7 nitrogen and oxygen atoms in total. The van der Waals surface area contributed by atoms with Crippen LogP contribution in [0.4, 0.5) is 5.69 Å². The van der Waals surface area contributed by atoms with Crippen LogP contribution in [-0.4, -0.2) is 31.3 Å². The van der Waals surface area contributed by atoms with Crippen molar-refractivity contribution in [3.05, 3.63) is 47.0 Å². The van der Waals surface area contributed by atoms with Crippen molar-refractivity contribution in [2.75, 3.05) is 12.4 Å². The number of nitrogens with zero attached hydrogens (tertiary/aromatic N) is 2. The maximum Gasteiger partial charge on any atom is 0.274 e. The number of halogens is 1. The van der Waals surface area contributed by atoms with Gasteiger partial charge in [0, 0.05) is 11.8 Å². The Bertz CT molecular complexity index is 824. The van der Waals surface area contributed by atoms with Crippen molar-refractivity contribution >= 4 is 33.2 Å². The standard InChI is InChI=1S/C13H13ClN4O3S/c1-8-5-9(22(20,21)15-2)3-4-10(8)18-13(19)11-6-12(14)17-7-16-11/h3-7,15H,1-2H3,(H,18,19). The molecule has 2 N–H and O–H groups in total. The van der Waals surface area contributed by atoms with Gasteiger partial charge in [0.1, 0.15) is 17.2 Å². The van der Waals surface area contributed by atoms with Gasteiger partial charge in [-0.05, 0) is 37.7 Å². The monoisotopic (exact) mass is 340 g/mol. The first-order chi connectivity index (χ1) is 10.3. The number of sulfonamides is 1. The molecule has 0 aliphatic carbocycles. The lowest BCUT2D eigenvalue weighted by molar-refractivity contribution is 0.102. The van der Waals surface area contributed by atoms with E-state index in [9.17, 15) is 13.2 Å². The number of amides is 1. The first kappa shape index (κ1) is 16.3. The number of rotatable bonds is 4. The number of anilines is 1. The van der Waals surface area contributed by atoms with Crippen LogP contribution < -0.4 is 10.0 Å². The van der Waals surface area contributed by atoms with Crippen LogP contribution in [0.1, 0.15) is 16.1 Å². The minimum Gasteiger partial charge on any atom is -0.320 e. The van der Waals surface area contributed by atoms with Gasteiger partial charge in [-0.2, -0.15) is 0 Å². The SMILES string of the molecule is CNS(=O)(=O)c1ccc(NC(=O)c2cc(Cl)ncn2)c(C)c1. The van der Waals surface area contributed by atoms with E-state index in [2.05, 4.69) is 20.0 Å². The van der Waals surface area contributed by atoms with Gasteiger partial charge in [0.05, 0.1) is 4.90 Å². The number of benzene rings is 1. The Labute approximate surface area is 132 Å². The van der Waals surface area contributed by atoms with E-state index < -0.39 is 15.9 Å². The van der Waals surface area contributed by atoms with Crippen molar-refractivity contribution in [3.63, 3.8) is 0 Å². The lowest BCUT2D eigenvalue weighted by Crippen LogP contribution is -2.19. The maximum absolute atomic E-state index is 12.1. The van der Waals surface area contributed by atoms with Crippen molar-refractivity contribution in [1.29, 1.82) is 0 Å². The molecule has 0 aliphatic heterocycles. The molecule has 1 amide bonds. The summed E-state index contributed by atoms with van der Waals surface area (Å²) >= 11 is 5.71. The molecule has 0 saturated carbocycles. The van der Waals surface area contributed by atoms with E-state index in [1.165, 1.54) is 37.6 Å². The highest BCUT2D eigenvalue weighted by Gasteiger charge is 2.14. The number of aryl methyl sites for hydroxylation is 1.